The Morgan fingerprint density at radius 1 is 1.29 bits per heavy atom. The minimum Gasteiger partial charge on any atom is -0.361 e. The molecule has 4 N–H and O–H groups in total. The second kappa shape index (κ2) is 9.04. The summed E-state index contributed by atoms with van der Waals surface area (Å²) in [6, 6.07) is 4.68. The largest absolute Gasteiger partial charge is 0.361 e. The first kappa shape index (κ1) is 18.0. The number of amides is 1. The lowest BCUT2D eigenvalue weighted by molar-refractivity contribution is -0.858. The van der Waals surface area contributed by atoms with Crippen molar-refractivity contribution in [1.82, 2.24) is 16.2 Å². The van der Waals surface area contributed by atoms with Crippen LogP contribution in [-0.4, -0.2) is 38.2 Å². The summed E-state index contributed by atoms with van der Waals surface area (Å²) < 4.78 is 0. The van der Waals surface area contributed by atoms with Crippen LogP contribution in [-0.2, 0) is 0 Å². The lowest BCUT2D eigenvalue weighted by atomic mass is 10.2. The molecule has 0 radical (unpaired) electrons. The maximum atomic E-state index is 11.9. The van der Waals surface area contributed by atoms with Gasteiger partial charge in [0.15, 0.2) is 5.11 Å². The van der Waals surface area contributed by atoms with Gasteiger partial charge < -0.3 is 10.2 Å². The van der Waals surface area contributed by atoms with Crippen LogP contribution in [0.2, 0.25) is 10.0 Å². The molecular weight excluding hydrogens is 331 g/mol. The third-order valence-electron chi connectivity index (χ3n) is 2.60. The maximum absolute atomic E-state index is 11.9. The van der Waals surface area contributed by atoms with Crippen LogP contribution in [0.5, 0.6) is 0 Å². The molecule has 0 unspecified atom stereocenters. The molecule has 116 valence electrons. The van der Waals surface area contributed by atoms with E-state index in [1.807, 2.05) is 0 Å². The number of rotatable bonds is 5. The highest BCUT2D eigenvalue weighted by atomic mass is 35.5. The zero-order valence-corrected chi connectivity index (χ0v) is 14.3. The zero-order chi connectivity index (χ0) is 15.8. The monoisotopic (exact) mass is 349 g/mol. The average molecular weight is 350 g/mol. The molecule has 0 fully saturated rings. The van der Waals surface area contributed by atoms with Crippen molar-refractivity contribution in [2.45, 2.75) is 6.42 Å². The van der Waals surface area contributed by atoms with Gasteiger partial charge >= 0.3 is 0 Å². The highest BCUT2D eigenvalue weighted by Crippen LogP contribution is 2.20. The van der Waals surface area contributed by atoms with E-state index in [0.29, 0.717) is 15.2 Å². The molecule has 0 aliphatic carbocycles. The predicted molar refractivity (Wildman–Crippen MR) is 90.0 cm³/mol. The number of quaternary nitrogens is 1. The number of carbonyl (C=O) groups excluding carboxylic acids is 1. The van der Waals surface area contributed by atoms with E-state index in [-0.39, 0.29) is 5.56 Å². The van der Waals surface area contributed by atoms with Crippen molar-refractivity contribution >= 4 is 46.4 Å². The van der Waals surface area contributed by atoms with Gasteiger partial charge in [0.05, 0.1) is 31.2 Å². The Balaban J connectivity index is 2.35. The summed E-state index contributed by atoms with van der Waals surface area (Å²) in [4.78, 5) is 13.3. The number of hydrazine groups is 1. The Labute approximate surface area is 139 Å². The van der Waals surface area contributed by atoms with Gasteiger partial charge in [0, 0.05) is 18.0 Å². The average Bonchev–Trinajstić information content (AvgIpc) is 2.43. The van der Waals surface area contributed by atoms with Crippen molar-refractivity contribution in [2.24, 2.45) is 0 Å². The Morgan fingerprint density at radius 3 is 2.67 bits per heavy atom. The summed E-state index contributed by atoms with van der Waals surface area (Å²) in [7, 11) is 4.18. The fraction of sp³-hybridized carbons (Fsp3) is 0.385. The Hall–Kier alpha value is -1.08. The molecule has 0 saturated heterocycles. The van der Waals surface area contributed by atoms with Gasteiger partial charge in [-0.2, -0.15) is 0 Å². The van der Waals surface area contributed by atoms with Crippen molar-refractivity contribution in [3.63, 3.8) is 0 Å². The highest BCUT2D eigenvalue weighted by Gasteiger charge is 2.11. The zero-order valence-electron chi connectivity index (χ0n) is 11.9. The molecule has 0 aliphatic rings. The summed E-state index contributed by atoms with van der Waals surface area (Å²) in [5.74, 6) is -0.399. The molecule has 1 rings (SSSR count). The van der Waals surface area contributed by atoms with E-state index < -0.39 is 5.91 Å². The molecular formula is C13H19Cl2N4OS+. The van der Waals surface area contributed by atoms with E-state index in [0.717, 1.165) is 19.5 Å². The van der Waals surface area contributed by atoms with E-state index in [9.17, 15) is 4.79 Å². The van der Waals surface area contributed by atoms with Gasteiger partial charge in [0.1, 0.15) is 0 Å². The van der Waals surface area contributed by atoms with Crippen LogP contribution in [0.1, 0.15) is 16.8 Å². The fourth-order valence-corrected chi connectivity index (χ4v) is 2.07. The SMILES string of the molecule is C[NH+](C)CCCNC(=S)NNC(=O)c1cc(Cl)ccc1Cl. The molecule has 1 amide bonds. The molecule has 0 bridgehead atoms. The maximum Gasteiger partial charge on any atom is 0.271 e. The summed E-state index contributed by atoms with van der Waals surface area (Å²) in [6.45, 7) is 1.78. The number of benzene rings is 1. The lowest BCUT2D eigenvalue weighted by Crippen LogP contribution is -3.05. The molecule has 0 saturated carbocycles. The van der Waals surface area contributed by atoms with Crippen LogP contribution in [0.3, 0.4) is 0 Å². The highest BCUT2D eigenvalue weighted by molar-refractivity contribution is 7.80. The van der Waals surface area contributed by atoms with Crippen LogP contribution in [0.25, 0.3) is 0 Å². The van der Waals surface area contributed by atoms with Crippen LogP contribution in [0.15, 0.2) is 18.2 Å². The minimum atomic E-state index is -0.399. The standard InChI is InChI=1S/C13H18Cl2N4OS/c1-19(2)7-3-6-16-13(21)18-17-12(20)10-8-9(14)4-5-11(10)15/h4-5,8H,3,6-7H2,1-2H3,(H,17,20)(H2,16,18,21)/p+1. The quantitative estimate of drug-likeness (QED) is 0.358. The number of nitrogens with one attached hydrogen (secondary N) is 4. The predicted octanol–water partition coefficient (Wildman–Crippen LogP) is 0.637. The molecule has 0 heterocycles. The first-order valence-corrected chi connectivity index (χ1v) is 7.65. The molecule has 21 heavy (non-hydrogen) atoms. The van der Waals surface area contributed by atoms with Gasteiger partial charge in [-0.05, 0) is 30.4 Å². The summed E-state index contributed by atoms with van der Waals surface area (Å²) in [5, 5.41) is 4.13. The first-order chi connectivity index (χ1) is 9.90. The fourth-order valence-electron chi connectivity index (χ4n) is 1.54. The van der Waals surface area contributed by atoms with E-state index in [2.05, 4.69) is 30.3 Å². The first-order valence-electron chi connectivity index (χ1n) is 6.48. The number of hydrogen-bond donors (Lipinski definition) is 4. The van der Waals surface area contributed by atoms with Crippen LogP contribution < -0.4 is 21.1 Å². The van der Waals surface area contributed by atoms with Crippen molar-refractivity contribution in [3.8, 4) is 0 Å². The third-order valence-corrected chi connectivity index (χ3v) is 3.41. The molecule has 0 aromatic heterocycles. The number of halogens is 2. The number of hydrogen-bond acceptors (Lipinski definition) is 2. The van der Waals surface area contributed by atoms with E-state index >= 15 is 0 Å². The normalized spacial score (nSPS) is 10.3. The molecule has 0 aliphatic heterocycles. The van der Waals surface area contributed by atoms with Gasteiger partial charge in [-0.1, -0.05) is 23.2 Å². The minimum absolute atomic E-state index is 0.288. The van der Waals surface area contributed by atoms with Gasteiger partial charge in [-0.15, -0.1) is 0 Å². The molecule has 0 spiro atoms. The summed E-state index contributed by atoms with van der Waals surface area (Å²) >= 11 is 16.8. The Morgan fingerprint density at radius 2 is 2.00 bits per heavy atom. The molecule has 1 aromatic carbocycles. The number of thiocarbonyl (C=S) groups is 1. The molecule has 0 atom stereocenters. The van der Waals surface area contributed by atoms with Crippen molar-refractivity contribution < 1.29 is 9.69 Å². The van der Waals surface area contributed by atoms with Crippen LogP contribution in [0, 0.1) is 0 Å². The second-order valence-corrected chi connectivity index (χ2v) is 6.02. The smallest absolute Gasteiger partial charge is 0.271 e. The van der Waals surface area contributed by atoms with Crippen molar-refractivity contribution in [3.05, 3.63) is 33.8 Å². The van der Waals surface area contributed by atoms with Crippen LogP contribution >= 0.6 is 35.4 Å². The lowest BCUT2D eigenvalue weighted by Gasteiger charge is -2.13. The Bertz CT molecular complexity index is 511. The Kier molecular flexibility index (Phi) is 7.74. The second-order valence-electron chi connectivity index (χ2n) is 4.77. The van der Waals surface area contributed by atoms with Gasteiger partial charge in [-0.3, -0.25) is 15.6 Å². The van der Waals surface area contributed by atoms with Gasteiger partial charge in [-0.25, -0.2) is 0 Å². The summed E-state index contributed by atoms with van der Waals surface area (Å²) in [5.41, 5.74) is 5.39. The number of carbonyl (C=O) groups is 1. The van der Waals surface area contributed by atoms with Crippen molar-refractivity contribution in [2.75, 3.05) is 27.2 Å². The van der Waals surface area contributed by atoms with Crippen LogP contribution in [0.4, 0.5) is 0 Å². The van der Waals surface area contributed by atoms with E-state index in [1.54, 1.807) is 12.1 Å². The summed E-state index contributed by atoms with van der Waals surface area (Å²) in [6.07, 6.45) is 0.984. The molecule has 5 nitrogen and oxygen atoms in total. The molecule has 8 heteroatoms. The molecule has 1 aromatic rings. The topological polar surface area (TPSA) is 57.6 Å². The van der Waals surface area contributed by atoms with Gasteiger partial charge in [0.2, 0.25) is 0 Å². The van der Waals surface area contributed by atoms with Crippen molar-refractivity contribution in [1.29, 1.82) is 0 Å². The van der Waals surface area contributed by atoms with Gasteiger partial charge in [0.25, 0.3) is 5.91 Å². The third kappa shape index (κ3) is 6.95. The van der Waals surface area contributed by atoms with E-state index in [4.69, 9.17) is 35.4 Å². The van der Waals surface area contributed by atoms with E-state index in [1.165, 1.54) is 11.0 Å².